The lowest BCUT2D eigenvalue weighted by Crippen LogP contribution is -2.17. The summed E-state index contributed by atoms with van der Waals surface area (Å²) in [5, 5.41) is 11.4. The third kappa shape index (κ3) is 3.14. The maximum atomic E-state index is 13.3. The number of nitrogens with zero attached hydrogens (tertiary/aromatic N) is 3. The van der Waals surface area contributed by atoms with E-state index < -0.39 is 23.6 Å². The highest BCUT2D eigenvalue weighted by atomic mass is 19.3. The maximum Gasteiger partial charge on any atom is 0.274 e. The van der Waals surface area contributed by atoms with Gasteiger partial charge in [-0.3, -0.25) is 9.79 Å². The Morgan fingerprint density at radius 2 is 2.14 bits per heavy atom. The Balaban J connectivity index is 1.63. The average molecular weight is 378 g/mol. The molecule has 3 aromatic rings. The van der Waals surface area contributed by atoms with E-state index >= 15 is 0 Å². The zero-order chi connectivity index (χ0) is 19.7. The first kappa shape index (κ1) is 17.5. The van der Waals surface area contributed by atoms with Crippen LogP contribution in [0.3, 0.4) is 0 Å². The number of aliphatic imine (C=N–C) groups is 1. The largest absolute Gasteiger partial charge is 0.472 e. The molecule has 1 aliphatic heterocycles. The van der Waals surface area contributed by atoms with Gasteiger partial charge in [0, 0.05) is 23.0 Å². The van der Waals surface area contributed by atoms with Crippen LogP contribution in [0.2, 0.25) is 0 Å². The van der Waals surface area contributed by atoms with Gasteiger partial charge in [0.2, 0.25) is 0 Å². The molecule has 0 saturated carbocycles. The molecule has 0 unspecified atom stereocenters. The molecule has 0 fully saturated rings. The first-order chi connectivity index (χ1) is 13.6. The van der Waals surface area contributed by atoms with Crippen LogP contribution >= 0.6 is 0 Å². The molecular weight excluding hydrogens is 366 g/mol. The molecular formula is C20H12F2N4O2. The number of amides is 1. The van der Waals surface area contributed by atoms with Crippen LogP contribution in [0.4, 0.5) is 14.5 Å². The maximum absolute atomic E-state index is 13.3. The van der Waals surface area contributed by atoms with E-state index in [0.29, 0.717) is 12.2 Å². The van der Waals surface area contributed by atoms with E-state index in [4.69, 9.17) is 9.68 Å². The molecule has 0 saturated heterocycles. The minimum atomic E-state index is -2.93. The van der Waals surface area contributed by atoms with Gasteiger partial charge in [-0.1, -0.05) is 6.07 Å². The number of rotatable bonds is 4. The highest BCUT2D eigenvalue weighted by Gasteiger charge is 2.23. The van der Waals surface area contributed by atoms with Crippen molar-refractivity contribution in [2.75, 3.05) is 5.32 Å². The summed E-state index contributed by atoms with van der Waals surface area (Å²) in [5.41, 5.74) is 2.76. The number of nitriles is 1. The Morgan fingerprint density at radius 3 is 2.86 bits per heavy atom. The van der Waals surface area contributed by atoms with Gasteiger partial charge in [0.1, 0.15) is 11.8 Å². The molecule has 1 aliphatic rings. The van der Waals surface area contributed by atoms with Crippen LogP contribution in [0.15, 0.2) is 58.5 Å². The molecule has 3 heterocycles. The number of carbonyl (C=O) groups excluding carboxylic acids is 1. The second-order valence-electron chi connectivity index (χ2n) is 6.08. The highest BCUT2D eigenvalue weighted by molar-refractivity contribution is 6.15. The molecule has 1 N–H and O–H groups in total. The molecule has 138 valence electrons. The van der Waals surface area contributed by atoms with Gasteiger partial charge in [-0.2, -0.15) is 5.26 Å². The highest BCUT2D eigenvalue weighted by Crippen LogP contribution is 2.27. The summed E-state index contributed by atoms with van der Waals surface area (Å²) < 4.78 is 31.7. The normalized spacial score (nSPS) is 12.4. The van der Waals surface area contributed by atoms with Gasteiger partial charge < -0.3 is 9.73 Å². The Bertz CT molecular complexity index is 1130. The van der Waals surface area contributed by atoms with Crippen molar-refractivity contribution in [3.8, 4) is 6.07 Å². The summed E-state index contributed by atoms with van der Waals surface area (Å²) >= 11 is 0. The molecule has 1 aromatic carbocycles. The standard InChI is InChI=1S/C20H12F2N4O2/c21-19(22)16-5-11(7-23)8-24-18(16)20(27)26-14-2-1-12-9-25-17(15(12)6-14)13-3-4-28-10-13/h1-6,8,10,19H,9H2,(H,26,27). The molecule has 0 aliphatic carbocycles. The van der Waals surface area contributed by atoms with Gasteiger partial charge >= 0.3 is 0 Å². The van der Waals surface area contributed by atoms with E-state index in [-0.39, 0.29) is 5.56 Å². The van der Waals surface area contributed by atoms with Crippen LogP contribution in [0.5, 0.6) is 0 Å². The summed E-state index contributed by atoms with van der Waals surface area (Å²) in [7, 11) is 0. The number of fused-ring (bicyclic) bond motifs is 1. The Labute approximate surface area is 158 Å². The number of pyridine rings is 1. The zero-order valence-electron chi connectivity index (χ0n) is 14.3. The van der Waals surface area contributed by atoms with Crippen molar-refractivity contribution >= 4 is 17.3 Å². The molecule has 0 radical (unpaired) electrons. The van der Waals surface area contributed by atoms with Crippen LogP contribution < -0.4 is 5.32 Å². The number of hydrogen-bond donors (Lipinski definition) is 1. The number of hydrogen-bond acceptors (Lipinski definition) is 5. The van der Waals surface area contributed by atoms with E-state index in [1.54, 1.807) is 36.8 Å². The smallest absolute Gasteiger partial charge is 0.274 e. The molecule has 0 bridgehead atoms. The Kier molecular flexibility index (Phi) is 4.41. The van der Waals surface area contributed by atoms with Gasteiger partial charge in [0.15, 0.2) is 0 Å². The van der Waals surface area contributed by atoms with Gasteiger partial charge in [-0.15, -0.1) is 0 Å². The lowest BCUT2D eigenvalue weighted by atomic mass is 10.0. The van der Waals surface area contributed by atoms with Crippen molar-refractivity contribution in [2.24, 2.45) is 4.99 Å². The van der Waals surface area contributed by atoms with Crippen molar-refractivity contribution < 1.29 is 18.0 Å². The summed E-state index contributed by atoms with van der Waals surface area (Å²) in [5.74, 6) is -0.778. The molecule has 1 amide bonds. The number of furan rings is 1. The molecule has 0 atom stereocenters. The average Bonchev–Trinajstić information content (AvgIpc) is 3.36. The van der Waals surface area contributed by atoms with E-state index in [1.807, 2.05) is 6.07 Å². The minimum Gasteiger partial charge on any atom is -0.472 e. The molecule has 2 aromatic heterocycles. The molecule has 4 rings (SSSR count). The van der Waals surface area contributed by atoms with Crippen LogP contribution in [-0.4, -0.2) is 16.6 Å². The summed E-state index contributed by atoms with van der Waals surface area (Å²) in [6.45, 7) is 0.511. The first-order valence-corrected chi connectivity index (χ1v) is 8.26. The molecule has 0 spiro atoms. The number of alkyl halides is 2. The zero-order valence-corrected chi connectivity index (χ0v) is 14.3. The van der Waals surface area contributed by atoms with E-state index in [0.717, 1.165) is 34.7 Å². The van der Waals surface area contributed by atoms with E-state index in [2.05, 4.69) is 15.3 Å². The van der Waals surface area contributed by atoms with Crippen LogP contribution in [0.1, 0.15) is 44.7 Å². The quantitative estimate of drug-likeness (QED) is 0.740. The van der Waals surface area contributed by atoms with Gasteiger partial charge in [-0.05, 0) is 29.8 Å². The Hall–Kier alpha value is -3.86. The van der Waals surface area contributed by atoms with Crippen LogP contribution in [0.25, 0.3) is 0 Å². The Morgan fingerprint density at radius 1 is 1.29 bits per heavy atom. The number of aromatic nitrogens is 1. The molecule has 8 heteroatoms. The lowest BCUT2D eigenvalue weighted by molar-refractivity contribution is 0.100. The predicted molar refractivity (Wildman–Crippen MR) is 96.4 cm³/mol. The second kappa shape index (κ2) is 7.04. The number of anilines is 1. The summed E-state index contributed by atoms with van der Waals surface area (Å²) in [4.78, 5) is 20.7. The fourth-order valence-corrected chi connectivity index (χ4v) is 3.00. The van der Waals surface area contributed by atoms with Crippen molar-refractivity contribution in [2.45, 2.75) is 13.0 Å². The van der Waals surface area contributed by atoms with Crippen molar-refractivity contribution in [3.05, 3.63) is 82.6 Å². The van der Waals surface area contributed by atoms with Crippen LogP contribution in [0, 0.1) is 11.3 Å². The van der Waals surface area contributed by atoms with Crippen molar-refractivity contribution in [1.29, 1.82) is 5.26 Å². The number of carbonyl (C=O) groups is 1. The summed E-state index contributed by atoms with van der Waals surface area (Å²) in [6.07, 6.45) is 1.28. The second-order valence-corrected chi connectivity index (χ2v) is 6.08. The predicted octanol–water partition coefficient (Wildman–Crippen LogP) is 4.09. The third-order valence-electron chi connectivity index (χ3n) is 4.32. The van der Waals surface area contributed by atoms with E-state index in [1.165, 1.54) is 0 Å². The fraction of sp³-hybridized carbons (Fsp3) is 0.100. The van der Waals surface area contributed by atoms with Gasteiger partial charge in [0.05, 0.1) is 35.9 Å². The van der Waals surface area contributed by atoms with Crippen molar-refractivity contribution in [1.82, 2.24) is 4.98 Å². The number of nitrogens with one attached hydrogen (secondary N) is 1. The monoisotopic (exact) mass is 378 g/mol. The third-order valence-corrected chi connectivity index (χ3v) is 4.32. The lowest BCUT2D eigenvalue weighted by Gasteiger charge is -2.11. The first-order valence-electron chi connectivity index (χ1n) is 8.26. The number of benzene rings is 1. The topological polar surface area (TPSA) is 91.3 Å². The van der Waals surface area contributed by atoms with Gasteiger partial charge in [-0.25, -0.2) is 13.8 Å². The fourth-order valence-electron chi connectivity index (χ4n) is 3.00. The van der Waals surface area contributed by atoms with Crippen LogP contribution in [-0.2, 0) is 6.54 Å². The SMILES string of the molecule is N#Cc1cnc(C(=O)Nc2ccc3c(c2)C(c2ccoc2)=NC3)c(C(F)F)c1. The van der Waals surface area contributed by atoms with E-state index in [9.17, 15) is 13.6 Å². The minimum absolute atomic E-state index is 0.0367. The molecule has 28 heavy (non-hydrogen) atoms. The summed E-state index contributed by atoms with van der Waals surface area (Å²) in [6, 6.07) is 9.73. The van der Waals surface area contributed by atoms with Crippen molar-refractivity contribution in [3.63, 3.8) is 0 Å². The van der Waals surface area contributed by atoms with Gasteiger partial charge in [0.25, 0.3) is 12.3 Å². The number of halogens is 2. The molecule has 6 nitrogen and oxygen atoms in total.